The molecule has 11 heteroatoms. The number of amides is 2. The van der Waals surface area contributed by atoms with Gasteiger partial charge in [-0.15, -0.1) is 11.3 Å². The summed E-state index contributed by atoms with van der Waals surface area (Å²) in [6.07, 6.45) is 0.330. The van der Waals surface area contributed by atoms with E-state index in [-0.39, 0.29) is 35.9 Å². The fourth-order valence-electron chi connectivity index (χ4n) is 2.70. The highest BCUT2D eigenvalue weighted by Gasteiger charge is 2.18. The Labute approximate surface area is 185 Å². The van der Waals surface area contributed by atoms with E-state index in [1.54, 1.807) is 18.2 Å². The van der Waals surface area contributed by atoms with Gasteiger partial charge >= 0.3 is 0 Å². The summed E-state index contributed by atoms with van der Waals surface area (Å²) in [5, 5.41) is 17.6. The molecule has 1 aromatic heterocycles. The molecule has 0 spiro atoms. The number of non-ortho nitro benzene ring substituents is 1. The van der Waals surface area contributed by atoms with Crippen LogP contribution in [-0.2, 0) is 17.8 Å². The molecule has 0 saturated carbocycles. The van der Waals surface area contributed by atoms with E-state index in [0.29, 0.717) is 17.0 Å². The van der Waals surface area contributed by atoms with Gasteiger partial charge < -0.3 is 10.6 Å². The second-order valence-corrected chi connectivity index (χ2v) is 7.48. The number of nitro groups is 1. The smallest absolute Gasteiger partial charge is 0.292 e. The van der Waals surface area contributed by atoms with Crippen molar-refractivity contribution in [3.63, 3.8) is 0 Å². The van der Waals surface area contributed by atoms with Crippen molar-refractivity contribution in [2.45, 2.75) is 13.0 Å². The molecule has 0 unspecified atom stereocenters. The van der Waals surface area contributed by atoms with Crippen molar-refractivity contribution in [2.75, 3.05) is 6.54 Å². The quantitative estimate of drug-likeness (QED) is 0.220. The van der Waals surface area contributed by atoms with E-state index in [1.165, 1.54) is 23.6 Å². The summed E-state index contributed by atoms with van der Waals surface area (Å²) in [6, 6.07) is 11.0. The Morgan fingerprint density at radius 1 is 1.06 bits per heavy atom. The molecule has 2 amide bonds. The van der Waals surface area contributed by atoms with Gasteiger partial charge in [0.15, 0.2) is 0 Å². The number of nitrogens with zero attached hydrogens (tertiary/aromatic N) is 2. The first kappa shape index (κ1) is 22.7. The molecule has 2 aromatic carbocycles. The number of aromatic nitrogens is 1. The molecular formula is C21H17FN4O5S. The van der Waals surface area contributed by atoms with E-state index in [4.69, 9.17) is 0 Å². The second-order valence-electron chi connectivity index (χ2n) is 6.54. The van der Waals surface area contributed by atoms with Crippen molar-refractivity contribution in [1.82, 2.24) is 15.6 Å². The van der Waals surface area contributed by atoms with Crippen LogP contribution in [-0.4, -0.2) is 34.0 Å². The number of halogens is 1. The van der Waals surface area contributed by atoms with Gasteiger partial charge in [-0.25, -0.2) is 9.37 Å². The maximum absolute atomic E-state index is 13.6. The summed E-state index contributed by atoms with van der Waals surface area (Å²) in [5.74, 6) is -2.51. The van der Waals surface area contributed by atoms with Crippen molar-refractivity contribution in [3.8, 4) is 0 Å². The van der Waals surface area contributed by atoms with E-state index < -0.39 is 22.5 Å². The minimum Gasteiger partial charge on any atom is -0.350 e. The zero-order valence-corrected chi connectivity index (χ0v) is 17.4. The minimum atomic E-state index is -0.898. The monoisotopic (exact) mass is 456 g/mol. The van der Waals surface area contributed by atoms with Crippen LogP contribution in [0.2, 0.25) is 0 Å². The molecule has 0 fully saturated rings. The minimum absolute atomic E-state index is 0.0159. The van der Waals surface area contributed by atoms with Crippen LogP contribution >= 0.6 is 11.3 Å². The van der Waals surface area contributed by atoms with Gasteiger partial charge in [0.25, 0.3) is 17.5 Å². The highest BCUT2D eigenvalue weighted by Crippen LogP contribution is 2.13. The molecule has 0 bridgehead atoms. The predicted molar refractivity (Wildman–Crippen MR) is 114 cm³/mol. The molecule has 0 radical (unpaired) electrons. The number of carbonyl (C=O) groups is 3. The van der Waals surface area contributed by atoms with E-state index >= 15 is 0 Å². The normalized spacial score (nSPS) is 10.4. The first-order valence-electron chi connectivity index (χ1n) is 9.38. The Hall–Kier alpha value is -3.99. The molecule has 1 heterocycles. The number of carbonyl (C=O) groups excluding carboxylic acids is 3. The van der Waals surface area contributed by atoms with Crippen molar-refractivity contribution >= 4 is 34.6 Å². The first-order valence-corrected chi connectivity index (χ1v) is 10.3. The summed E-state index contributed by atoms with van der Waals surface area (Å²) in [6.45, 7) is 0.165. The molecule has 0 saturated heterocycles. The summed E-state index contributed by atoms with van der Waals surface area (Å²) >= 11 is 1.13. The second kappa shape index (κ2) is 10.4. The Balaban J connectivity index is 1.48. The third-order valence-corrected chi connectivity index (χ3v) is 5.22. The number of nitro benzene ring substituents is 1. The van der Waals surface area contributed by atoms with Gasteiger partial charge in [0.1, 0.15) is 16.5 Å². The van der Waals surface area contributed by atoms with Gasteiger partial charge in [-0.2, -0.15) is 0 Å². The molecule has 32 heavy (non-hydrogen) atoms. The summed E-state index contributed by atoms with van der Waals surface area (Å²) in [7, 11) is 0. The van der Waals surface area contributed by atoms with E-state index in [2.05, 4.69) is 15.6 Å². The molecular weight excluding hydrogens is 439 g/mol. The first-order chi connectivity index (χ1) is 15.3. The lowest BCUT2D eigenvalue weighted by molar-refractivity contribution is -0.384. The third kappa shape index (κ3) is 5.79. The highest BCUT2D eigenvalue weighted by molar-refractivity contribution is 7.09. The van der Waals surface area contributed by atoms with Crippen LogP contribution in [0.5, 0.6) is 0 Å². The zero-order valence-electron chi connectivity index (χ0n) is 16.5. The van der Waals surface area contributed by atoms with E-state index in [9.17, 15) is 28.9 Å². The van der Waals surface area contributed by atoms with Crippen LogP contribution in [0.25, 0.3) is 0 Å². The SMILES string of the molecule is O=C(NCc1nc(C(=O)NCCc2ccccc2F)cs1)C(=O)c1ccc([N+](=O)[O-])cc1. The molecule has 3 aromatic rings. The van der Waals surface area contributed by atoms with Crippen LogP contribution in [0.1, 0.15) is 31.4 Å². The Morgan fingerprint density at radius 2 is 1.78 bits per heavy atom. The lowest BCUT2D eigenvalue weighted by Gasteiger charge is -2.04. The molecule has 9 nitrogen and oxygen atoms in total. The molecule has 0 atom stereocenters. The molecule has 0 aliphatic rings. The van der Waals surface area contributed by atoms with Gasteiger partial charge in [-0.1, -0.05) is 18.2 Å². The molecule has 0 aliphatic heterocycles. The Bertz CT molecular complexity index is 1160. The van der Waals surface area contributed by atoms with Gasteiger partial charge in [0.05, 0.1) is 11.5 Å². The van der Waals surface area contributed by atoms with Crippen molar-refractivity contribution < 1.29 is 23.7 Å². The molecule has 2 N–H and O–H groups in total. The predicted octanol–water partition coefficient (Wildman–Crippen LogP) is 2.66. The number of benzene rings is 2. The van der Waals surface area contributed by atoms with E-state index in [0.717, 1.165) is 23.5 Å². The van der Waals surface area contributed by atoms with Crippen molar-refractivity contribution in [1.29, 1.82) is 0 Å². The van der Waals surface area contributed by atoms with Gasteiger partial charge in [-0.05, 0) is 30.2 Å². The Kier molecular flexibility index (Phi) is 7.34. The number of nitrogens with one attached hydrogen (secondary N) is 2. The van der Waals surface area contributed by atoms with Crippen LogP contribution in [0.15, 0.2) is 53.9 Å². The maximum atomic E-state index is 13.6. The largest absolute Gasteiger partial charge is 0.350 e. The molecule has 164 valence electrons. The number of ketones is 1. The lowest BCUT2D eigenvalue weighted by atomic mass is 10.1. The summed E-state index contributed by atoms with van der Waals surface area (Å²) < 4.78 is 13.6. The fourth-order valence-corrected chi connectivity index (χ4v) is 3.41. The maximum Gasteiger partial charge on any atom is 0.292 e. The van der Waals surface area contributed by atoms with Gasteiger partial charge in [0.2, 0.25) is 5.78 Å². The summed E-state index contributed by atoms with van der Waals surface area (Å²) in [5.41, 5.74) is 0.466. The van der Waals surface area contributed by atoms with Crippen LogP contribution in [0.4, 0.5) is 10.1 Å². The zero-order chi connectivity index (χ0) is 23.1. The summed E-state index contributed by atoms with van der Waals surface area (Å²) in [4.78, 5) is 50.5. The number of rotatable bonds is 9. The Morgan fingerprint density at radius 3 is 2.47 bits per heavy atom. The highest BCUT2D eigenvalue weighted by atomic mass is 32.1. The van der Waals surface area contributed by atoms with E-state index in [1.807, 2.05) is 0 Å². The molecule has 0 aliphatic carbocycles. The van der Waals surface area contributed by atoms with Crippen LogP contribution in [0.3, 0.4) is 0 Å². The van der Waals surface area contributed by atoms with Gasteiger partial charge in [0, 0.05) is 29.6 Å². The van der Waals surface area contributed by atoms with Crippen LogP contribution in [0, 0.1) is 15.9 Å². The molecule has 3 rings (SSSR count). The average Bonchev–Trinajstić information content (AvgIpc) is 3.27. The average molecular weight is 456 g/mol. The van der Waals surface area contributed by atoms with Crippen molar-refractivity contribution in [3.05, 3.63) is 91.7 Å². The lowest BCUT2D eigenvalue weighted by Crippen LogP contribution is -2.30. The standard InChI is InChI=1S/C21H17FN4O5S/c22-16-4-2-1-3-13(16)9-10-23-20(28)17-12-32-18(25-17)11-24-21(29)19(27)14-5-7-15(8-6-14)26(30)31/h1-8,12H,9-11H2,(H,23,28)(H,24,29). The number of hydrogen-bond donors (Lipinski definition) is 2. The number of thiazole rings is 1. The topological polar surface area (TPSA) is 131 Å². The fraction of sp³-hybridized carbons (Fsp3) is 0.143. The van der Waals surface area contributed by atoms with Gasteiger partial charge in [-0.3, -0.25) is 24.5 Å². The third-order valence-electron chi connectivity index (χ3n) is 4.37. The van der Waals surface area contributed by atoms with Crippen molar-refractivity contribution in [2.24, 2.45) is 0 Å². The number of Topliss-reactive ketones (excluding diaryl/α,β-unsaturated/α-hetero) is 1. The number of hydrogen-bond acceptors (Lipinski definition) is 7. The van der Waals surface area contributed by atoms with Crippen LogP contribution < -0.4 is 10.6 Å².